The van der Waals surface area contributed by atoms with Crippen molar-refractivity contribution in [1.82, 2.24) is 4.90 Å². The Morgan fingerprint density at radius 3 is 2.44 bits per heavy atom. The third-order valence-electron chi connectivity index (χ3n) is 2.57. The molecule has 5 heteroatoms. The van der Waals surface area contributed by atoms with Crippen LogP contribution in [0.25, 0.3) is 0 Å². The highest BCUT2D eigenvalue weighted by atomic mass is 16.3. The number of carbonyl (C=O) groups excluding carboxylic acids is 1. The molecule has 0 bridgehead atoms. The van der Waals surface area contributed by atoms with Gasteiger partial charge in [-0.3, -0.25) is 4.79 Å². The molecule has 1 aliphatic rings. The van der Waals surface area contributed by atoms with Crippen molar-refractivity contribution in [2.45, 2.75) is 12.5 Å². The van der Waals surface area contributed by atoms with Gasteiger partial charge >= 0.3 is 0 Å². The fourth-order valence-electron chi connectivity index (χ4n) is 1.76. The highest BCUT2D eigenvalue weighted by Gasteiger charge is 2.39. The number of hydrogen-bond donors (Lipinski definition) is 3. The maximum atomic E-state index is 11.8. The Kier molecular flexibility index (Phi) is 2.27. The second-order valence-corrected chi connectivity index (χ2v) is 4.36. The molecule has 3 N–H and O–H groups in total. The number of phenols is 2. The summed E-state index contributed by atoms with van der Waals surface area (Å²) in [6.45, 7) is 2.23. The van der Waals surface area contributed by atoms with E-state index in [-0.39, 0.29) is 30.5 Å². The number of β-amino-alcohol motifs (C(OH)–C–C–N with tert-alkyl or cyclic N) is 1. The summed E-state index contributed by atoms with van der Waals surface area (Å²) in [5.41, 5.74) is -0.514. The SMILES string of the molecule is CC1(O)CN(C(=O)c2ccc(O)c(O)c2)C1. The summed E-state index contributed by atoms with van der Waals surface area (Å²) < 4.78 is 0. The Morgan fingerprint density at radius 1 is 1.31 bits per heavy atom. The lowest BCUT2D eigenvalue weighted by Crippen LogP contribution is -2.61. The van der Waals surface area contributed by atoms with E-state index in [2.05, 4.69) is 0 Å². The van der Waals surface area contributed by atoms with E-state index in [1.54, 1.807) is 6.92 Å². The molecule has 1 heterocycles. The zero-order valence-electron chi connectivity index (χ0n) is 8.84. The molecule has 86 valence electrons. The average molecular weight is 223 g/mol. The fraction of sp³-hybridized carbons (Fsp3) is 0.364. The number of carbonyl (C=O) groups is 1. The van der Waals surface area contributed by atoms with Gasteiger partial charge in [0, 0.05) is 5.56 Å². The highest BCUT2D eigenvalue weighted by Crippen LogP contribution is 2.27. The van der Waals surface area contributed by atoms with E-state index in [0.29, 0.717) is 5.56 Å². The maximum Gasteiger partial charge on any atom is 0.254 e. The highest BCUT2D eigenvalue weighted by molar-refractivity contribution is 5.95. The van der Waals surface area contributed by atoms with Gasteiger partial charge in [0.2, 0.25) is 0 Å². The first-order valence-corrected chi connectivity index (χ1v) is 4.93. The average Bonchev–Trinajstić information content (AvgIpc) is 2.17. The first-order valence-electron chi connectivity index (χ1n) is 4.93. The molecular formula is C11H13NO4. The standard InChI is InChI=1S/C11H13NO4/c1-11(16)5-12(6-11)10(15)7-2-3-8(13)9(14)4-7/h2-4,13-14,16H,5-6H2,1H3. The van der Waals surface area contributed by atoms with E-state index in [0.717, 1.165) is 0 Å². The van der Waals surface area contributed by atoms with Crippen molar-refractivity contribution in [3.8, 4) is 11.5 Å². The fourth-order valence-corrected chi connectivity index (χ4v) is 1.76. The van der Waals surface area contributed by atoms with Crippen LogP contribution in [-0.2, 0) is 0 Å². The molecule has 1 amide bonds. The van der Waals surface area contributed by atoms with Crippen molar-refractivity contribution in [2.75, 3.05) is 13.1 Å². The van der Waals surface area contributed by atoms with Crippen molar-refractivity contribution >= 4 is 5.91 Å². The number of aromatic hydroxyl groups is 2. The summed E-state index contributed by atoms with van der Waals surface area (Å²) in [7, 11) is 0. The quantitative estimate of drug-likeness (QED) is 0.598. The number of hydrogen-bond acceptors (Lipinski definition) is 4. The maximum absolute atomic E-state index is 11.8. The molecule has 0 unspecified atom stereocenters. The predicted molar refractivity (Wildman–Crippen MR) is 56.3 cm³/mol. The van der Waals surface area contributed by atoms with Crippen LogP contribution in [0.1, 0.15) is 17.3 Å². The molecule has 16 heavy (non-hydrogen) atoms. The molecule has 1 aliphatic heterocycles. The Balaban J connectivity index is 2.13. The Bertz CT molecular complexity index is 434. The van der Waals surface area contributed by atoms with Gasteiger partial charge in [0.1, 0.15) is 0 Å². The smallest absolute Gasteiger partial charge is 0.254 e. The minimum Gasteiger partial charge on any atom is -0.504 e. The number of rotatable bonds is 1. The molecule has 1 saturated heterocycles. The number of benzene rings is 1. The number of nitrogens with zero attached hydrogens (tertiary/aromatic N) is 1. The van der Waals surface area contributed by atoms with E-state index >= 15 is 0 Å². The van der Waals surface area contributed by atoms with Crippen LogP contribution in [0, 0.1) is 0 Å². The lowest BCUT2D eigenvalue weighted by molar-refractivity contribution is -0.0668. The predicted octanol–water partition coefficient (Wildman–Crippen LogP) is 0.305. The monoisotopic (exact) mass is 223 g/mol. The summed E-state index contributed by atoms with van der Waals surface area (Å²) in [6, 6.07) is 3.91. The van der Waals surface area contributed by atoms with Gasteiger partial charge in [-0.2, -0.15) is 0 Å². The van der Waals surface area contributed by atoms with E-state index < -0.39 is 5.60 Å². The third kappa shape index (κ3) is 1.81. The van der Waals surface area contributed by atoms with Crippen LogP contribution in [0.3, 0.4) is 0 Å². The Labute approximate surface area is 92.6 Å². The summed E-state index contributed by atoms with van der Waals surface area (Å²) in [6.07, 6.45) is 0. The summed E-state index contributed by atoms with van der Waals surface area (Å²) in [5.74, 6) is -0.841. The molecule has 1 fully saturated rings. The van der Waals surface area contributed by atoms with Crippen LogP contribution in [0.15, 0.2) is 18.2 Å². The lowest BCUT2D eigenvalue weighted by atomic mass is 9.96. The summed E-state index contributed by atoms with van der Waals surface area (Å²) in [5, 5.41) is 27.9. The first kappa shape index (κ1) is 10.8. The zero-order valence-corrected chi connectivity index (χ0v) is 8.84. The third-order valence-corrected chi connectivity index (χ3v) is 2.57. The molecule has 2 rings (SSSR count). The van der Waals surface area contributed by atoms with E-state index in [9.17, 15) is 15.0 Å². The van der Waals surface area contributed by atoms with Crippen molar-refractivity contribution < 1.29 is 20.1 Å². The second kappa shape index (κ2) is 3.38. The summed E-state index contributed by atoms with van der Waals surface area (Å²) in [4.78, 5) is 13.3. The summed E-state index contributed by atoms with van der Waals surface area (Å²) >= 11 is 0. The number of aliphatic hydroxyl groups is 1. The van der Waals surface area contributed by atoms with Crippen molar-refractivity contribution in [3.05, 3.63) is 23.8 Å². The van der Waals surface area contributed by atoms with Gasteiger partial charge in [-0.1, -0.05) is 0 Å². The largest absolute Gasteiger partial charge is 0.504 e. The molecule has 0 aliphatic carbocycles. The van der Waals surface area contributed by atoms with Gasteiger partial charge in [0.25, 0.3) is 5.91 Å². The van der Waals surface area contributed by atoms with E-state index in [4.69, 9.17) is 5.11 Å². The van der Waals surface area contributed by atoms with Crippen LogP contribution in [0.4, 0.5) is 0 Å². The van der Waals surface area contributed by atoms with Crippen molar-refractivity contribution in [2.24, 2.45) is 0 Å². The van der Waals surface area contributed by atoms with Crippen LogP contribution in [0.5, 0.6) is 11.5 Å². The molecule has 0 radical (unpaired) electrons. The van der Waals surface area contributed by atoms with Gasteiger partial charge in [0.15, 0.2) is 11.5 Å². The minimum atomic E-state index is -0.811. The first-order chi connectivity index (χ1) is 7.39. The number of phenolic OH excluding ortho intramolecular Hbond substituents is 2. The molecule has 0 aromatic heterocycles. The van der Waals surface area contributed by atoms with Crippen LogP contribution >= 0.6 is 0 Å². The van der Waals surface area contributed by atoms with Gasteiger partial charge in [-0.25, -0.2) is 0 Å². The second-order valence-electron chi connectivity index (χ2n) is 4.36. The van der Waals surface area contributed by atoms with Crippen LogP contribution < -0.4 is 0 Å². The topological polar surface area (TPSA) is 81.0 Å². The van der Waals surface area contributed by atoms with Crippen LogP contribution in [-0.4, -0.2) is 44.8 Å². The van der Waals surface area contributed by atoms with Crippen LogP contribution in [0.2, 0.25) is 0 Å². The van der Waals surface area contributed by atoms with Crippen molar-refractivity contribution in [3.63, 3.8) is 0 Å². The minimum absolute atomic E-state index is 0.257. The molecule has 5 nitrogen and oxygen atoms in total. The van der Waals surface area contributed by atoms with Gasteiger partial charge < -0.3 is 20.2 Å². The van der Waals surface area contributed by atoms with Gasteiger partial charge in [0.05, 0.1) is 18.7 Å². The van der Waals surface area contributed by atoms with Gasteiger partial charge in [-0.15, -0.1) is 0 Å². The van der Waals surface area contributed by atoms with E-state index in [1.165, 1.54) is 23.1 Å². The normalized spacial score (nSPS) is 18.0. The molecule has 0 saturated carbocycles. The number of likely N-dealkylation sites (tertiary alicyclic amines) is 1. The van der Waals surface area contributed by atoms with E-state index in [1.807, 2.05) is 0 Å². The lowest BCUT2D eigenvalue weighted by Gasteiger charge is -2.44. The molecule has 1 aromatic carbocycles. The molecule has 1 aromatic rings. The zero-order chi connectivity index (χ0) is 11.9. The van der Waals surface area contributed by atoms with Gasteiger partial charge in [-0.05, 0) is 25.1 Å². The Hall–Kier alpha value is -1.75. The van der Waals surface area contributed by atoms with Crippen molar-refractivity contribution in [1.29, 1.82) is 0 Å². The molecule has 0 atom stereocenters. The molecular weight excluding hydrogens is 210 g/mol. The Morgan fingerprint density at radius 2 is 1.94 bits per heavy atom. The molecule has 0 spiro atoms. The number of amides is 1.